The molecule has 6 nitrogen and oxygen atoms in total. The largest absolute Gasteiger partial charge is 0.486 e. The van der Waals surface area contributed by atoms with Crippen LogP contribution in [-0.4, -0.2) is 30.3 Å². The topological polar surface area (TPSA) is 77.9 Å². The lowest BCUT2D eigenvalue weighted by Gasteiger charge is -2.45. The number of carbonyl (C=O) groups is 1. The number of pyridine rings is 1. The van der Waals surface area contributed by atoms with Gasteiger partial charge in [-0.25, -0.2) is 18.2 Å². The molecule has 2 aliphatic carbocycles. The van der Waals surface area contributed by atoms with Gasteiger partial charge >= 0.3 is 5.97 Å². The fraction of sp³-hybridized carbons (Fsp3) is 0.438. The number of hydrogen-bond acceptors (Lipinski definition) is 5. The van der Waals surface area contributed by atoms with Gasteiger partial charge < -0.3 is 19.3 Å². The van der Waals surface area contributed by atoms with Crippen LogP contribution in [0.4, 0.5) is 13.2 Å². The van der Waals surface area contributed by atoms with Crippen LogP contribution in [0.1, 0.15) is 68.4 Å². The summed E-state index contributed by atoms with van der Waals surface area (Å²) in [6.07, 6.45) is 2.30. The molecule has 2 aromatic carbocycles. The van der Waals surface area contributed by atoms with Crippen molar-refractivity contribution < 1.29 is 37.3 Å². The van der Waals surface area contributed by atoms with Crippen LogP contribution in [0, 0.1) is 28.8 Å². The molecule has 0 radical (unpaired) electrons. The summed E-state index contributed by atoms with van der Waals surface area (Å²) < 4.78 is 62.9. The molecule has 1 aromatic heterocycles. The third-order valence-corrected chi connectivity index (χ3v) is 8.59. The van der Waals surface area contributed by atoms with Crippen molar-refractivity contribution in [2.24, 2.45) is 11.3 Å². The van der Waals surface area contributed by atoms with Gasteiger partial charge in [-0.2, -0.15) is 0 Å². The van der Waals surface area contributed by atoms with Gasteiger partial charge in [0.15, 0.2) is 11.6 Å². The molecule has 5 rings (SSSR count). The van der Waals surface area contributed by atoms with Gasteiger partial charge in [0.25, 0.3) is 0 Å². The molecule has 218 valence electrons. The molecule has 0 saturated heterocycles. The van der Waals surface area contributed by atoms with Gasteiger partial charge in [0.05, 0.1) is 25.3 Å². The van der Waals surface area contributed by atoms with Crippen LogP contribution in [0.3, 0.4) is 0 Å². The standard InChI is InChI=1S/C32H34F3NO5/c1-31(2,3)29(40-5)21-12-17(6-7-18(21)20-13-26(39-4)36-15-24(20)34)16-41-25-14-23(33)19-8-10-32(27(19)28(25)35)11-9-22(32)30(37)38/h6-7,12-15,22,29H,8-11,16H2,1-5H3,(H,37,38). The molecule has 1 N–H and O–H groups in total. The zero-order valence-corrected chi connectivity index (χ0v) is 23.8. The van der Waals surface area contributed by atoms with E-state index in [0.717, 1.165) is 12.3 Å². The third-order valence-electron chi connectivity index (χ3n) is 8.59. The first kappa shape index (κ1) is 28.9. The summed E-state index contributed by atoms with van der Waals surface area (Å²) in [7, 11) is 3.03. The maximum atomic E-state index is 15.9. The number of aromatic nitrogens is 1. The molecule has 1 spiro atoms. The van der Waals surface area contributed by atoms with Gasteiger partial charge in [-0.1, -0.05) is 32.9 Å². The lowest BCUT2D eigenvalue weighted by molar-refractivity contribution is -0.149. The second kappa shape index (κ2) is 10.7. The lowest BCUT2D eigenvalue weighted by atomic mass is 9.57. The molecule has 0 bridgehead atoms. The van der Waals surface area contributed by atoms with Crippen molar-refractivity contribution in [2.45, 2.75) is 64.6 Å². The summed E-state index contributed by atoms with van der Waals surface area (Å²) in [5.74, 6) is -3.54. The quantitative estimate of drug-likeness (QED) is 0.310. The van der Waals surface area contributed by atoms with Crippen LogP contribution < -0.4 is 9.47 Å². The average molecular weight is 570 g/mol. The van der Waals surface area contributed by atoms with Gasteiger partial charge in [-0.05, 0) is 59.4 Å². The first-order valence-corrected chi connectivity index (χ1v) is 13.6. The molecule has 1 saturated carbocycles. The number of methoxy groups -OCH3 is 2. The van der Waals surface area contributed by atoms with Crippen molar-refractivity contribution in [3.63, 3.8) is 0 Å². The molecule has 0 aliphatic heterocycles. The number of halogens is 3. The van der Waals surface area contributed by atoms with Crippen molar-refractivity contribution in [1.82, 2.24) is 4.98 Å². The molecule has 41 heavy (non-hydrogen) atoms. The van der Waals surface area contributed by atoms with E-state index in [-0.39, 0.29) is 40.3 Å². The van der Waals surface area contributed by atoms with Gasteiger partial charge in [-0.3, -0.25) is 4.79 Å². The minimum absolute atomic E-state index is 0.0967. The molecular weight excluding hydrogens is 535 g/mol. The highest BCUT2D eigenvalue weighted by Crippen LogP contribution is 2.58. The van der Waals surface area contributed by atoms with Crippen LogP contribution in [-0.2, 0) is 28.0 Å². The number of hydrogen-bond donors (Lipinski definition) is 1. The van der Waals surface area contributed by atoms with Crippen LogP contribution >= 0.6 is 0 Å². The minimum Gasteiger partial charge on any atom is -0.486 e. The average Bonchev–Trinajstić information content (AvgIpc) is 3.33. The van der Waals surface area contributed by atoms with Crippen LogP contribution in [0.2, 0.25) is 0 Å². The van der Waals surface area contributed by atoms with Crippen LogP contribution in [0.25, 0.3) is 11.1 Å². The van der Waals surface area contributed by atoms with Gasteiger partial charge in [0, 0.05) is 35.8 Å². The zero-order valence-electron chi connectivity index (χ0n) is 23.8. The van der Waals surface area contributed by atoms with E-state index in [9.17, 15) is 14.3 Å². The van der Waals surface area contributed by atoms with Gasteiger partial charge in [-0.15, -0.1) is 0 Å². The van der Waals surface area contributed by atoms with Gasteiger partial charge in [0.2, 0.25) is 5.88 Å². The number of nitrogens with zero attached hydrogens (tertiary/aromatic N) is 1. The minimum atomic E-state index is -0.988. The summed E-state index contributed by atoms with van der Waals surface area (Å²) in [6.45, 7) is 5.91. The molecular formula is C32H34F3NO5. The third kappa shape index (κ3) is 4.94. The number of aliphatic carboxylic acids is 1. The molecule has 3 atom stereocenters. The Kier molecular flexibility index (Phi) is 7.53. The second-order valence-corrected chi connectivity index (χ2v) is 12.0. The summed E-state index contributed by atoms with van der Waals surface area (Å²) in [5.41, 5.74) is 1.32. The van der Waals surface area contributed by atoms with Crippen LogP contribution in [0.15, 0.2) is 36.5 Å². The number of carboxylic acids is 1. The molecule has 3 unspecified atom stereocenters. The predicted octanol–water partition coefficient (Wildman–Crippen LogP) is 7.17. The monoisotopic (exact) mass is 569 g/mol. The van der Waals surface area contributed by atoms with E-state index < -0.39 is 40.9 Å². The Labute approximate surface area is 237 Å². The molecule has 1 fully saturated rings. The Bertz CT molecular complexity index is 1500. The first-order chi connectivity index (χ1) is 19.4. The normalized spacial score (nSPS) is 20.4. The van der Waals surface area contributed by atoms with Gasteiger partial charge in [0.1, 0.15) is 18.2 Å². The second-order valence-electron chi connectivity index (χ2n) is 12.0. The molecule has 1 heterocycles. The maximum absolute atomic E-state index is 15.9. The highest BCUT2D eigenvalue weighted by Gasteiger charge is 2.57. The fourth-order valence-electron chi connectivity index (χ4n) is 6.59. The summed E-state index contributed by atoms with van der Waals surface area (Å²) >= 11 is 0. The van der Waals surface area contributed by atoms with Crippen molar-refractivity contribution in [1.29, 1.82) is 0 Å². The zero-order chi connectivity index (χ0) is 29.7. The smallest absolute Gasteiger partial charge is 0.307 e. The number of ether oxygens (including phenoxy) is 3. The van der Waals surface area contributed by atoms with E-state index >= 15 is 8.78 Å². The molecule has 0 amide bonds. The number of benzene rings is 2. The molecule has 9 heteroatoms. The van der Waals surface area contributed by atoms with E-state index in [2.05, 4.69) is 4.98 Å². The van der Waals surface area contributed by atoms with Crippen LogP contribution in [0.5, 0.6) is 11.6 Å². The Balaban J connectivity index is 1.51. The van der Waals surface area contributed by atoms with Crippen molar-refractivity contribution in [3.05, 3.63) is 76.2 Å². The van der Waals surface area contributed by atoms with E-state index in [1.165, 1.54) is 13.2 Å². The van der Waals surface area contributed by atoms with Crippen molar-refractivity contribution in [3.8, 4) is 22.8 Å². The SMILES string of the molecule is COc1cc(-c2ccc(COc3cc(F)c4c(c3F)C3(CC4)CCC3C(=O)O)cc2C(OC)C(C)(C)C)c(F)cn1. The maximum Gasteiger partial charge on any atom is 0.307 e. The summed E-state index contributed by atoms with van der Waals surface area (Å²) in [4.78, 5) is 15.8. The van der Waals surface area contributed by atoms with Crippen molar-refractivity contribution in [2.75, 3.05) is 14.2 Å². The Morgan fingerprint density at radius 2 is 1.85 bits per heavy atom. The number of rotatable bonds is 8. The summed E-state index contributed by atoms with van der Waals surface area (Å²) in [6, 6.07) is 7.85. The molecule has 2 aliphatic rings. The van der Waals surface area contributed by atoms with E-state index in [1.54, 1.807) is 19.2 Å². The molecule has 3 aromatic rings. The van der Waals surface area contributed by atoms with E-state index in [0.29, 0.717) is 42.4 Å². The Morgan fingerprint density at radius 1 is 1.10 bits per heavy atom. The van der Waals surface area contributed by atoms with E-state index in [4.69, 9.17) is 14.2 Å². The highest BCUT2D eigenvalue weighted by molar-refractivity contribution is 5.75. The predicted molar refractivity (Wildman–Crippen MR) is 146 cm³/mol. The first-order valence-electron chi connectivity index (χ1n) is 13.6. The highest BCUT2D eigenvalue weighted by atomic mass is 19.1. The summed E-state index contributed by atoms with van der Waals surface area (Å²) in [5, 5.41) is 9.67. The number of carboxylic acid groups (broad SMARTS) is 1. The lowest BCUT2D eigenvalue weighted by Crippen LogP contribution is -2.47. The number of fused-ring (bicyclic) bond motifs is 2. The Hall–Kier alpha value is -3.59. The Morgan fingerprint density at radius 3 is 2.46 bits per heavy atom. The van der Waals surface area contributed by atoms with Crippen molar-refractivity contribution >= 4 is 5.97 Å². The fourth-order valence-corrected chi connectivity index (χ4v) is 6.59. The van der Waals surface area contributed by atoms with E-state index in [1.807, 2.05) is 26.8 Å².